The number of anilines is 2. The molecule has 0 saturated heterocycles. The monoisotopic (exact) mass is 398 g/mol. The van der Waals surface area contributed by atoms with E-state index >= 15 is 0 Å². The lowest BCUT2D eigenvalue weighted by molar-refractivity contribution is 0.0946. The zero-order chi connectivity index (χ0) is 20.8. The van der Waals surface area contributed by atoms with Gasteiger partial charge in [-0.3, -0.25) is 9.78 Å². The van der Waals surface area contributed by atoms with Crippen molar-refractivity contribution >= 4 is 17.5 Å². The molecule has 1 amide bonds. The molecule has 0 fully saturated rings. The van der Waals surface area contributed by atoms with Crippen LogP contribution in [0.25, 0.3) is 11.1 Å². The second-order valence-electron chi connectivity index (χ2n) is 6.87. The van der Waals surface area contributed by atoms with Crippen LogP contribution in [0.5, 0.6) is 0 Å². The van der Waals surface area contributed by atoms with Gasteiger partial charge in [-0.25, -0.2) is 9.97 Å². The minimum atomic E-state index is -0.110. The summed E-state index contributed by atoms with van der Waals surface area (Å²) < 4.78 is 1.81. The lowest BCUT2D eigenvalue weighted by Crippen LogP contribution is -2.27. The van der Waals surface area contributed by atoms with Gasteiger partial charge in [0.05, 0.1) is 0 Å². The zero-order valence-corrected chi connectivity index (χ0v) is 16.6. The number of hydrogen-bond acceptors (Lipinski definition) is 5. The van der Waals surface area contributed by atoms with Crippen LogP contribution < -0.4 is 10.6 Å². The third-order valence-corrected chi connectivity index (χ3v) is 4.70. The minimum absolute atomic E-state index is 0.110. The number of para-hydroxylation sites is 1. The molecule has 3 heterocycles. The van der Waals surface area contributed by atoms with Crippen molar-refractivity contribution in [1.82, 2.24) is 24.8 Å². The molecule has 0 atom stereocenters. The predicted octanol–water partition coefficient (Wildman–Crippen LogP) is 3.59. The summed E-state index contributed by atoms with van der Waals surface area (Å²) in [6.07, 6.45) is 9.67. The van der Waals surface area contributed by atoms with Crippen LogP contribution in [0.2, 0.25) is 0 Å². The fraction of sp³-hybridized carbons (Fsp3) is 0.130. The highest BCUT2D eigenvalue weighted by Gasteiger charge is 2.13. The summed E-state index contributed by atoms with van der Waals surface area (Å²) in [6, 6.07) is 15.5. The van der Waals surface area contributed by atoms with Gasteiger partial charge in [-0.15, -0.1) is 0 Å². The topological polar surface area (TPSA) is 84.7 Å². The van der Waals surface area contributed by atoms with Crippen molar-refractivity contribution in [1.29, 1.82) is 0 Å². The Morgan fingerprint density at radius 2 is 1.73 bits per heavy atom. The van der Waals surface area contributed by atoms with Gasteiger partial charge in [0, 0.05) is 61.4 Å². The van der Waals surface area contributed by atoms with Crippen molar-refractivity contribution in [2.45, 2.75) is 6.42 Å². The van der Waals surface area contributed by atoms with Crippen molar-refractivity contribution in [2.24, 2.45) is 7.05 Å². The van der Waals surface area contributed by atoms with Crippen LogP contribution >= 0.6 is 0 Å². The van der Waals surface area contributed by atoms with Gasteiger partial charge in [-0.2, -0.15) is 0 Å². The number of aromatic nitrogens is 4. The SMILES string of the molecule is Cn1cc(-c2cnc(Nc3ccccc3)nc2)cc1C(=O)NCCc1ccncc1. The van der Waals surface area contributed by atoms with Crippen LogP contribution in [0, 0.1) is 0 Å². The molecule has 0 unspecified atom stereocenters. The average Bonchev–Trinajstić information content (AvgIpc) is 3.17. The Morgan fingerprint density at radius 1 is 1.00 bits per heavy atom. The van der Waals surface area contributed by atoms with E-state index < -0.39 is 0 Å². The Labute approximate surface area is 174 Å². The third-order valence-electron chi connectivity index (χ3n) is 4.70. The first-order valence-electron chi connectivity index (χ1n) is 9.67. The molecule has 4 aromatic rings. The minimum Gasteiger partial charge on any atom is -0.350 e. The van der Waals surface area contributed by atoms with Gasteiger partial charge in [0.25, 0.3) is 5.91 Å². The van der Waals surface area contributed by atoms with Gasteiger partial charge in [0.15, 0.2) is 0 Å². The van der Waals surface area contributed by atoms with Crippen LogP contribution in [-0.4, -0.2) is 32.0 Å². The summed E-state index contributed by atoms with van der Waals surface area (Å²) in [6.45, 7) is 0.562. The number of nitrogens with one attached hydrogen (secondary N) is 2. The maximum Gasteiger partial charge on any atom is 0.267 e. The van der Waals surface area contributed by atoms with E-state index in [2.05, 4.69) is 25.6 Å². The maximum atomic E-state index is 12.6. The van der Waals surface area contributed by atoms with Crippen LogP contribution in [-0.2, 0) is 13.5 Å². The summed E-state index contributed by atoms with van der Waals surface area (Å²) in [5, 5.41) is 6.13. The molecule has 7 heteroatoms. The first kappa shape index (κ1) is 19.3. The molecule has 3 aromatic heterocycles. The van der Waals surface area contributed by atoms with Gasteiger partial charge >= 0.3 is 0 Å². The summed E-state index contributed by atoms with van der Waals surface area (Å²) in [5.41, 5.74) is 4.39. The van der Waals surface area contributed by atoms with E-state index in [1.54, 1.807) is 24.8 Å². The molecule has 0 bridgehead atoms. The summed E-state index contributed by atoms with van der Waals surface area (Å²) in [5.74, 6) is 0.413. The first-order valence-corrected chi connectivity index (χ1v) is 9.67. The maximum absolute atomic E-state index is 12.6. The highest BCUT2D eigenvalue weighted by molar-refractivity contribution is 5.94. The molecule has 30 heavy (non-hydrogen) atoms. The van der Waals surface area contributed by atoms with Crippen molar-refractivity contribution in [3.63, 3.8) is 0 Å². The number of rotatable bonds is 7. The Kier molecular flexibility index (Phi) is 5.80. The van der Waals surface area contributed by atoms with Crippen molar-refractivity contribution in [3.8, 4) is 11.1 Å². The highest BCUT2D eigenvalue weighted by Crippen LogP contribution is 2.22. The van der Waals surface area contributed by atoms with Gasteiger partial charge in [0.1, 0.15) is 5.69 Å². The van der Waals surface area contributed by atoms with Crippen LogP contribution in [0.3, 0.4) is 0 Å². The molecule has 4 rings (SSSR count). The van der Waals surface area contributed by atoms with E-state index in [1.165, 1.54) is 0 Å². The molecule has 0 saturated carbocycles. The predicted molar refractivity (Wildman–Crippen MR) is 116 cm³/mol. The fourth-order valence-electron chi connectivity index (χ4n) is 3.10. The number of aryl methyl sites for hydroxylation is 1. The normalized spacial score (nSPS) is 10.6. The number of nitrogens with zero attached hydrogens (tertiary/aromatic N) is 4. The van der Waals surface area contributed by atoms with Gasteiger partial charge in [-0.05, 0) is 42.3 Å². The molecule has 0 aliphatic carbocycles. The molecule has 7 nitrogen and oxygen atoms in total. The van der Waals surface area contributed by atoms with Gasteiger partial charge < -0.3 is 15.2 Å². The van der Waals surface area contributed by atoms with Crippen molar-refractivity contribution < 1.29 is 4.79 Å². The molecule has 0 aliphatic heterocycles. The second kappa shape index (κ2) is 9.00. The molecule has 0 radical (unpaired) electrons. The van der Waals surface area contributed by atoms with Crippen LogP contribution in [0.4, 0.5) is 11.6 Å². The smallest absolute Gasteiger partial charge is 0.267 e. The number of pyridine rings is 1. The van der Waals surface area contributed by atoms with Gasteiger partial charge in [-0.1, -0.05) is 18.2 Å². The molecular formula is C23H22N6O. The Morgan fingerprint density at radius 3 is 2.47 bits per heavy atom. The fourth-order valence-corrected chi connectivity index (χ4v) is 3.10. The van der Waals surface area contributed by atoms with E-state index in [0.717, 1.165) is 28.8 Å². The number of amides is 1. The summed E-state index contributed by atoms with van der Waals surface area (Å²) >= 11 is 0. The Balaban J connectivity index is 1.39. The van der Waals surface area contributed by atoms with E-state index in [9.17, 15) is 4.79 Å². The number of hydrogen-bond donors (Lipinski definition) is 2. The largest absolute Gasteiger partial charge is 0.350 e. The number of benzene rings is 1. The van der Waals surface area contributed by atoms with E-state index in [0.29, 0.717) is 18.2 Å². The molecule has 150 valence electrons. The molecular weight excluding hydrogens is 376 g/mol. The highest BCUT2D eigenvalue weighted by atomic mass is 16.1. The average molecular weight is 398 g/mol. The zero-order valence-electron chi connectivity index (χ0n) is 16.6. The quantitative estimate of drug-likeness (QED) is 0.497. The van der Waals surface area contributed by atoms with Crippen molar-refractivity contribution in [2.75, 3.05) is 11.9 Å². The second-order valence-corrected chi connectivity index (χ2v) is 6.87. The first-order chi connectivity index (χ1) is 14.7. The summed E-state index contributed by atoms with van der Waals surface area (Å²) in [7, 11) is 1.85. The lowest BCUT2D eigenvalue weighted by Gasteiger charge is -2.06. The summed E-state index contributed by atoms with van der Waals surface area (Å²) in [4.78, 5) is 25.3. The Bertz CT molecular complexity index is 1110. The lowest BCUT2D eigenvalue weighted by atomic mass is 10.2. The van der Waals surface area contributed by atoms with Crippen LogP contribution in [0.15, 0.2) is 79.5 Å². The molecule has 2 N–H and O–H groups in total. The molecule has 1 aromatic carbocycles. The number of carbonyl (C=O) groups excluding carboxylic acids is 1. The van der Waals surface area contributed by atoms with E-state index in [1.807, 2.05) is 66.3 Å². The van der Waals surface area contributed by atoms with E-state index in [4.69, 9.17) is 0 Å². The standard InChI is InChI=1S/C23H22N6O/c1-29-16-18(13-21(29)22(30)25-12-9-17-7-10-24-11-8-17)19-14-26-23(27-15-19)28-20-5-3-2-4-6-20/h2-8,10-11,13-16H,9,12H2,1H3,(H,25,30)(H,26,27,28). The molecule has 0 aliphatic rings. The third kappa shape index (κ3) is 4.70. The van der Waals surface area contributed by atoms with Gasteiger partial charge in [0.2, 0.25) is 5.95 Å². The van der Waals surface area contributed by atoms with E-state index in [-0.39, 0.29) is 5.91 Å². The van der Waals surface area contributed by atoms with Crippen LogP contribution in [0.1, 0.15) is 16.1 Å². The molecule has 0 spiro atoms. The van der Waals surface area contributed by atoms with Crippen molar-refractivity contribution in [3.05, 3.63) is 90.8 Å². The number of carbonyl (C=O) groups is 1. The Hall–Kier alpha value is -4.00.